The Hall–Kier alpha value is -2.42. The van der Waals surface area contributed by atoms with Gasteiger partial charge >= 0.3 is 0 Å². The van der Waals surface area contributed by atoms with Crippen LogP contribution in [-0.2, 0) is 12.0 Å². The molecule has 2 aliphatic rings. The van der Waals surface area contributed by atoms with E-state index >= 15 is 0 Å². The van der Waals surface area contributed by atoms with Gasteiger partial charge in [-0.25, -0.2) is 0 Å². The second kappa shape index (κ2) is 5.04. The molecule has 0 bridgehead atoms. The molecule has 1 aliphatic carbocycles. The van der Waals surface area contributed by atoms with Crippen molar-refractivity contribution in [1.82, 2.24) is 14.8 Å². The molecule has 0 unspecified atom stereocenters. The first-order valence-electron chi connectivity index (χ1n) is 8.88. The van der Waals surface area contributed by atoms with Crippen LogP contribution in [0.3, 0.4) is 0 Å². The summed E-state index contributed by atoms with van der Waals surface area (Å²) in [6, 6.07) is 17.4. The standard InChI is InChI=1S/C21H21N3/c1-15-8-10-16(11-9-15)19-22-23-20-18-7-3-2-6-17(18)14-21(24(19)20)12-4-5-13-21/h2-3,6-11H,4-5,12-14H2,1H3. The van der Waals surface area contributed by atoms with Gasteiger partial charge in [-0.2, -0.15) is 0 Å². The summed E-state index contributed by atoms with van der Waals surface area (Å²) in [4.78, 5) is 0. The quantitative estimate of drug-likeness (QED) is 0.649. The Morgan fingerprint density at radius 2 is 1.58 bits per heavy atom. The van der Waals surface area contributed by atoms with E-state index in [0.717, 1.165) is 18.1 Å². The summed E-state index contributed by atoms with van der Waals surface area (Å²) < 4.78 is 2.47. The van der Waals surface area contributed by atoms with Gasteiger partial charge in [0.05, 0.1) is 5.54 Å². The number of hydrogen-bond acceptors (Lipinski definition) is 2. The summed E-state index contributed by atoms with van der Waals surface area (Å²) in [5.41, 5.74) is 5.28. The third-order valence-electron chi connectivity index (χ3n) is 5.76. The highest BCUT2D eigenvalue weighted by Crippen LogP contribution is 2.48. The van der Waals surface area contributed by atoms with E-state index < -0.39 is 0 Å². The molecule has 2 heterocycles. The molecular weight excluding hydrogens is 294 g/mol. The van der Waals surface area contributed by atoms with Gasteiger partial charge in [0.15, 0.2) is 11.6 Å². The van der Waals surface area contributed by atoms with Crippen molar-refractivity contribution < 1.29 is 0 Å². The van der Waals surface area contributed by atoms with E-state index in [0.29, 0.717) is 0 Å². The first-order valence-corrected chi connectivity index (χ1v) is 8.88. The first kappa shape index (κ1) is 14.0. The van der Waals surface area contributed by atoms with Crippen molar-refractivity contribution in [2.75, 3.05) is 0 Å². The molecule has 0 atom stereocenters. The molecule has 0 amide bonds. The second-order valence-electron chi connectivity index (χ2n) is 7.31. The zero-order valence-electron chi connectivity index (χ0n) is 14.0. The van der Waals surface area contributed by atoms with Gasteiger partial charge in [0, 0.05) is 11.1 Å². The number of aryl methyl sites for hydroxylation is 1. The van der Waals surface area contributed by atoms with Crippen LogP contribution in [0.5, 0.6) is 0 Å². The molecule has 3 heteroatoms. The molecule has 1 saturated carbocycles. The van der Waals surface area contributed by atoms with Gasteiger partial charge in [0.2, 0.25) is 0 Å². The maximum absolute atomic E-state index is 4.63. The minimum atomic E-state index is 0.160. The van der Waals surface area contributed by atoms with Crippen molar-refractivity contribution in [2.45, 2.75) is 44.6 Å². The zero-order valence-corrected chi connectivity index (χ0v) is 14.0. The number of aromatic nitrogens is 3. The van der Waals surface area contributed by atoms with Gasteiger partial charge in [-0.1, -0.05) is 66.9 Å². The highest BCUT2D eigenvalue weighted by molar-refractivity contribution is 5.68. The summed E-state index contributed by atoms with van der Waals surface area (Å²) in [6.07, 6.45) is 6.16. The molecule has 0 radical (unpaired) electrons. The van der Waals surface area contributed by atoms with Gasteiger partial charge in [-0.3, -0.25) is 0 Å². The first-order chi connectivity index (χ1) is 11.8. The van der Waals surface area contributed by atoms with Crippen LogP contribution >= 0.6 is 0 Å². The third kappa shape index (κ3) is 1.90. The number of hydrogen-bond donors (Lipinski definition) is 0. The second-order valence-corrected chi connectivity index (χ2v) is 7.31. The molecule has 0 saturated heterocycles. The number of benzene rings is 2. The predicted molar refractivity (Wildman–Crippen MR) is 95.8 cm³/mol. The lowest BCUT2D eigenvalue weighted by Crippen LogP contribution is -2.37. The Bertz CT molecular complexity index is 899. The highest BCUT2D eigenvalue weighted by atomic mass is 15.3. The molecule has 3 aromatic rings. The van der Waals surface area contributed by atoms with Crippen molar-refractivity contribution in [1.29, 1.82) is 0 Å². The Labute approximate surface area is 142 Å². The van der Waals surface area contributed by atoms with Crippen LogP contribution in [0.1, 0.15) is 36.8 Å². The van der Waals surface area contributed by atoms with Crippen molar-refractivity contribution in [3.05, 3.63) is 59.7 Å². The lowest BCUT2D eigenvalue weighted by Gasteiger charge is -2.37. The fourth-order valence-corrected chi connectivity index (χ4v) is 4.56. The molecule has 24 heavy (non-hydrogen) atoms. The number of fused-ring (bicyclic) bond motifs is 4. The van der Waals surface area contributed by atoms with Crippen molar-refractivity contribution in [3.8, 4) is 22.8 Å². The smallest absolute Gasteiger partial charge is 0.165 e. The molecule has 3 nitrogen and oxygen atoms in total. The average Bonchev–Trinajstić information content (AvgIpc) is 3.24. The lowest BCUT2D eigenvalue weighted by molar-refractivity contribution is 0.289. The fraction of sp³-hybridized carbons (Fsp3) is 0.333. The van der Waals surface area contributed by atoms with Gasteiger partial charge in [-0.15, -0.1) is 10.2 Å². The Kier molecular flexibility index (Phi) is 2.93. The van der Waals surface area contributed by atoms with Gasteiger partial charge in [0.1, 0.15) is 0 Å². The molecule has 1 aromatic heterocycles. The van der Waals surface area contributed by atoms with Crippen molar-refractivity contribution in [2.24, 2.45) is 0 Å². The van der Waals surface area contributed by atoms with E-state index in [9.17, 15) is 0 Å². The maximum Gasteiger partial charge on any atom is 0.165 e. The van der Waals surface area contributed by atoms with E-state index in [-0.39, 0.29) is 5.54 Å². The van der Waals surface area contributed by atoms with Crippen LogP contribution in [0.2, 0.25) is 0 Å². The Morgan fingerprint density at radius 3 is 2.38 bits per heavy atom. The zero-order chi connectivity index (χ0) is 16.1. The number of rotatable bonds is 1. The molecule has 120 valence electrons. The van der Waals surface area contributed by atoms with Crippen LogP contribution < -0.4 is 0 Å². The minimum absolute atomic E-state index is 0.160. The van der Waals surface area contributed by atoms with Crippen LogP contribution in [0.25, 0.3) is 22.8 Å². The van der Waals surface area contributed by atoms with Gasteiger partial charge in [-0.05, 0) is 31.7 Å². The molecular formula is C21H21N3. The lowest BCUT2D eigenvalue weighted by atomic mass is 9.83. The van der Waals surface area contributed by atoms with Crippen molar-refractivity contribution >= 4 is 0 Å². The predicted octanol–water partition coefficient (Wildman–Crippen LogP) is 4.75. The van der Waals surface area contributed by atoms with E-state index in [1.165, 1.54) is 47.9 Å². The molecule has 5 rings (SSSR count). The molecule has 1 aliphatic heterocycles. The topological polar surface area (TPSA) is 30.7 Å². The van der Waals surface area contributed by atoms with E-state index in [4.69, 9.17) is 0 Å². The van der Waals surface area contributed by atoms with Crippen LogP contribution in [0.15, 0.2) is 48.5 Å². The van der Waals surface area contributed by atoms with E-state index in [1.807, 2.05) is 0 Å². The highest BCUT2D eigenvalue weighted by Gasteiger charge is 2.43. The summed E-state index contributed by atoms with van der Waals surface area (Å²) >= 11 is 0. The molecule has 0 N–H and O–H groups in total. The third-order valence-corrected chi connectivity index (χ3v) is 5.76. The van der Waals surface area contributed by atoms with Crippen LogP contribution in [0.4, 0.5) is 0 Å². The summed E-state index contributed by atoms with van der Waals surface area (Å²) in [6.45, 7) is 2.12. The molecule has 2 aromatic carbocycles. The summed E-state index contributed by atoms with van der Waals surface area (Å²) in [7, 11) is 0. The monoisotopic (exact) mass is 315 g/mol. The van der Waals surface area contributed by atoms with E-state index in [2.05, 4.69) is 70.2 Å². The normalized spacial score (nSPS) is 17.7. The Balaban J connectivity index is 1.77. The maximum atomic E-state index is 4.63. The Morgan fingerprint density at radius 1 is 0.875 bits per heavy atom. The SMILES string of the molecule is Cc1ccc(-c2nnc3n2C2(CCCC2)Cc2ccccc2-3)cc1. The molecule has 1 spiro atoms. The van der Waals surface area contributed by atoms with Gasteiger partial charge < -0.3 is 4.57 Å². The minimum Gasteiger partial charge on any atom is -0.300 e. The fourth-order valence-electron chi connectivity index (χ4n) is 4.56. The van der Waals surface area contributed by atoms with Crippen LogP contribution in [-0.4, -0.2) is 14.8 Å². The average molecular weight is 315 g/mol. The van der Waals surface area contributed by atoms with Crippen LogP contribution in [0, 0.1) is 6.92 Å². The summed E-state index contributed by atoms with van der Waals surface area (Å²) in [5, 5.41) is 9.26. The van der Waals surface area contributed by atoms with E-state index in [1.54, 1.807) is 0 Å². The van der Waals surface area contributed by atoms with Gasteiger partial charge in [0.25, 0.3) is 0 Å². The number of nitrogens with zero attached hydrogens (tertiary/aromatic N) is 3. The van der Waals surface area contributed by atoms with Crippen molar-refractivity contribution in [3.63, 3.8) is 0 Å². The molecule has 1 fully saturated rings. The summed E-state index contributed by atoms with van der Waals surface area (Å²) in [5.74, 6) is 2.08. The largest absolute Gasteiger partial charge is 0.300 e.